The van der Waals surface area contributed by atoms with Crippen molar-refractivity contribution >= 4 is 73.7 Å². The molecule has 0 saturated heterocycles. The number of carbonyl (C=O) groups is 3. The largest absolute Gasteiger partial charge is 0.481 e. The monoisotopic (exact) mass is 758 g/mol. The van der Waals surface area contributed by atoms with Crippen LogP contribution in [0.4, 0.5) is 21.5 Å². The number of imidazole rings is 2. The van der Waals surface area contributed by atoms with E-state index in [1.54, 1.807) is 26.0 Å². The highest BCUT2D eigenvalue weighted by Gasteiger charge is 2.14. The molecule has 8 aromatic rings. The zero-order chi connectivity index (χ0) is 39.8. The van der Waals surface area contributed by atoms with Crippen LogP contribution in [0.2, 0.25) is 0 Å². The molecule has 0 spiro atoms. The molecule has 0 saturated carbocycles. The van der Waals surface area contributed by atoms with Gasteiger partial charge in [-0.2, -0.15) is 10.2 Å². The molecule has 0 fully saturated rings. The normalized spacial score (nSPS) is 10.6. The second-order valence-corrected chi connectivity index (χ2v) is 11.7. The maximum absolute atomic E-state index is 11.9. The van der Waals surface area contributed by atoms with E-state index < -0.39 is 18.2 Å². The Bertz CT molecular complexity index is 2650. The third kappa shape index (κ3) is 8.66. The van der Waals surface area contributed by atoms with Gasteiger partial charge in [-0.3, -0.25) is 25.0 Å². The van der Waals surface area contributed by atoms with E-state index in [1.807, 2.05) is 72.8 Å². The third-order valence-electron chi connectivity index (χ3n) is 7.89. The zero-order valence-electron chi connectivity index (χ0n) is 30.1. The van der Waals surface area contributed by atoms with Crippen LogP contribution in [-0.4, -0.2) is 76.8 Å². The third-order valence-corrected chi connectivity index (χ3v) is 7.89. The average molecular weight is 759 g/mol. The number of anilines is 2. The van der Waals surface area contributed by atoms with Gasteiger partial charge in [-0.1, -0.05) is 48.5 Å². The molecular formula is C38H34N10O8. The van der Waals surface area contributed by atoms with E-state index in [1.165, 1.54) is 0 Å². The number of aliphatic carboxylic acids is 1. The number of carbonyl (C=O) groups excluding carboxylic acids is 2. The first-order chi connectivity index (χ1) is 27.0. The van der Waals surface area contributed by atoms with E-state index in [2.05, 4.69) is 51.0 Å². The molecule has 18 heteroatoms. The highest BCUT2D eigenvalue weighted by molar-refractivity contribution is 5.97. The van der Waals surface area contributed by atoms with E-state index in [-0.39, 0.29) is 24.3 Å². The predicted octanol–water partition coefficient (Wildman–Crippen LogP) is 6.16. The number of nitrogens with zero attached hydrogens (tertiary/aromatic N) is 4. The lowest BCUT2D eigenvalue weighted by molar-refractivity contribution is -0.134. The van der Waals surface area contributed by atoms with Crippen molar-refractivity contribution in [1.29, 1.82) is 0 Å². The minimum Gasteiger partial charge on any atom is -0.481 e. The lowest BCUT2D eigenvalue weighted by Gasteiger charge is -2.04. The van der Waals surface area contributed by atoms with Gasteiger partial charge in [-0.05, 0) is 50.2 Å². The molecule has 0 unspecified atom stereocenters. The van der Waals surface area contributed by atoms with Crippen LogP contribution in [0, 0.1) is 0 Å². The molecule has 0 aliphatic carbocycles. The lowest BCUT2D eigenvalue weighted by atomic mass is 10.0. The number of ether oxygens (including phenoxy) is 2. The van der Waals surface area contributed by atoms with Crippen molar-refractivity contribution in [3.8, 4) is 22.5 Å². The topological polar surface area (TPSA) is 263 Å². The van der Waals surface area contributed by atoms with Crippen LogP contribution >= 0.6 is 0 Å². The maximum Gasteiger partial charge on any atom is 0.413 e. The van der Waals surface area contributed by atoms with Gasteiger partial charge < -0.3 is 24.5 Å². The molecule has 4 heterocycles. The van der Waals surface area contributed by atoms with Crippen molar-refractivity contribution in [1.82, 2.24) is 40.3 Å². The summed E-state index contributed by atoms with van der Waals surface area (Å²) in [5.41, 5.74) is 5.34. The molecule has 4 aromatic heterocycles. The van der Waals surface area contributed by atoms with Crippen molar-refractivity contribution in [2.24, 2.45) is 0 Å². The minimum absolute atomic E-state index is 0.229. The Morgan fingerprint density at radius 1 is 0.625 bits per heavy atom. The van der Waals surface area contributed by atoms with Gasteiger partial charge in [0, 0.05) is 28.8 Å². The second-order valence-electron chi connectivity index (χ2n) is 11.7. The van der Waals surface area contributed by atoms with E-state index in [0.717, 1.165) is 39.9 Å². The standard InChI is InChI=1S/2C18H15N5O3.C2H4O2/c2*1-2-26-18(25)21-17-19-13-8-7-10(9-14(13)20-17)15-11-5-3-4-6-12(11)16(24)23-22-15;1-2(3)4/h2*3-9H,2H2,1H3,(H,23,24)(H2,19,20,21,25);1H3,(H,3,4). The molecule has 0 aliphatic heterocycles. The molecule has 0 bridgehead atoms. The van der Waals surface area contributed by atoms with Crippen LogP contribution < -0.4 is 21.8 Å². The number of rotatable bonds is 6. The molecule has 0 atom stereocenters. The number of nitrogens with one attached hydrogen (secondary N) is 6. The summed E-state index contributed by atoms with van der Waals surface area (Å²) in [7, 11) is 0. The highest BCUT2D eigenvalue weighted by atomic mass is 16.6. The van der Waals surface area contributed by atoms with E-state index in [4.69, 9.17) is 19.4 Å². The molecular weight excluding hydrogens is 724 g/mol. The van der Waals surface area contributed by atoms with Crippen LogP contribution in [-0.2, 0) is 14.3 Å². The Morgan fingerprint density at radius 3 is 1.38 bits per heavy atom. The number of aromatic amines is 4. The first-order valence-corrected chi connectivity index (χ1v) is 17.1. The van der Waals surface area contributed by atoms with Crippen LogP contribution in [0.5, 0.6) is 0 Å². The fourth-order valence-corrected chi connectivity index (χ4v) is 5.63. The van der Waals surface area contributed by atoms with Gasteiger partial charge >= 0.3 is 12.2 Å². The first-order valence-electron chi connectivity index (χ1n) is 17.1. The maximum atomic E-state index is 11.9. The predicted molar refractivity (Wildman–Crippen MR) is 210 cm³/mol. The smallest absolute Gasteiger partial charge is 0.413 e. The number of benzene rings is 4. The number of H-pyrrole nitrogens is 4. The molecule has 2 amide bonds. The molecule has 0 aliphatic rings. The Kier molecular flexibility index (Phi) is 11.4. The summed E-state index contributed by atoms with van der Waals surface area (Å²) in [4.78, 5) is 70.6. The van der Waals surface area contributed by atoms with Crippen molar-refractivity contribution in [3.63, 3.8) is 0 Å². The molecule has 18 nitrogen and oxygen atoms in total. The zero-order valence-corrected chi connectivity index (χ0v) is 30.1. The summed E-state index contributed by atoms with van der Waals surface area (Å²) < 4.78 is 9.68. The van der Waals surface area contributed by atoms with Crippen molar-refractivity contribution < 1.29 is 29.0 Å². The van der Waals surface area contributed by atoms with E-state index in [0.29, 0.717) is 45.1 Å². The number of hydrogen-bond donors (Lipinski definition) is 7. The Labute approximate surface area is 315 Å². The highest BCUT2D eigenvalue weighted by Crippen LogP contribution is 2.29. The van der Waals surface area contributed by atoms with E-state index in [9.17, 15) is 19.2 Å². The van der Waals surface area contributed by atoms with Gasteiger partial charge in [0.05, 0.1) is 57.4 Å². The van der Waals surface area contributed by atoms with Gasteiger partial charge in [0.25, 0.3) is 17.1 Å². The van der Waals surface area contributed by atoms with Gasteiger partial charge in [0.2, 0.25) is 11.9 Å². The SMILES string of the molecule is CC(=O)O.CCOC(=O)Nc1nc2ccc(-c3n[nH]c(=O)c4ccccc34)cc2[nH]1.CCOC(=O)Nc1nc2ccc(-c3n[nH]c(=O)c4ccccc34)cc2[nH]1. The molecule has 0 radical (unpaired) electrons. The second kappa shape index (κ2) is 16.8. The lowest BCUT2D eigenvalue weighted by Crippen LogP contribution is -2.14. The summed E-state index contributed by atoms with van der Waals surface area (Å²) in [6, 6.07) is 25.7. The number of aromatic nitrogens is 8. The number of carboxylic acid groups (broad SMARTS) is 1. The van der Waals surface area contributed by atoms with Gasteiger partial charge in [-0.15, -0.1) is 0 Å². The van der Waals surface area contributed by atoms with Crippen molar-refractivity contribution in [3.05, 3.63) is 106 Å². The first kappa shape index (κ1) is 37.9. The number of hydrogen-bond acceptors (Lipinski definition) is 11. The molecule has 7 N–H and O–H groups in total. The minimum atomic E-state index is -0.833. The van der Waals surface area contributed by atoms with Crippen molar-refractivity contribution in [2.75, 3.05) is 23.8 Å². The van der Waals surface area contributed by atoms with Gasteiger partial charge in [0.1, 0.15) is 0 Å². The number of fused-ring (bicyclic) bond motifs is 4. The Hall–Kier alpha value is -7.89. The fourth-order valence-electron chi connectivity index (χ4n) is 5.63. The van der Waals surface area contributed by atoms with Crippen LogP contribution in [0.3, 0.4) is 0 Å². The van der Waals surface area contributed by atoms with Gasteiger partial charge in [0.15, 0.2) is 0 Å². The summed E-state index contributed by atoms with van der Waals surface area (Å²) in [5.74, 6) is -0.232. The number of carboxylic acids is 1. The fraction of sp³-hybridized carbons (Fsp3) is 0.132. The summed E-state index contributed by atoms with van der Waals surface area (Å²) >= 11 is 0. The summed E-state index contributed by atoms with van der Waals surface area (Å²) in [6.07, 6.45) is -1.14. The van der Waals surface area contributed by atoms with Gasteiger partial charge in [-0.25, -0.2) is 29.8 Å². The van der Waals surface area contributed by atoms with Crippen LogP contribution in [0.25, 0.3) is 66.1 Å². The molecule has 284 valence electrons. The summed E-state index contributed by atoms with van der Waals surface area (Å²) in [5, 5.41) is 28.6. The quantitative estimate of drug-likeness (QED) is 0.101. The average Bonchev–Trinajstić information content (AvgIpc) is 3.77. The number of amides is 2. The van der Waals surface area contributed by atoms with E-state index >= 15 is 0 Å². The van der Waals surface area contributed by atoms with Crippen molar-refractivity contribution in [2.45, 2.75) is 20.8 Å². The summed E-state index contributed by atoms with van der Waals surface area (Å²) in [6.45, 7) is 5.10. The Balaban J connectivity index is 0.000000174. The molecule has 4 aromatic carbocycles. The molecule has 56 heavy (non-hydrogen) atoms. The molecule has 8 rings (SSSR count). The Morgan fingerprint density at radius 2 is 1.00 bits per heavy atom. The van der Waals surface area contributed by atoms with Crippen LogP contribution in [0.15, 0.2) is 94.5 Å². The van der Waals surface area contributed by atoms with Crippen LogP contribution in [0.1, 0.15) is 20.8 Å².